The Labute approximate surface area is 148 Å². The lowest BCUT2D eigenvalue weighted by Crippen LogP contribution is -2.13. The summed E-state index contributed by atoms with van der Waals surface area (Å²) in [6.07, 6.45) is 0. The number of carbonyl (C=O) groups is 1. The van der Waals surface area contributed by atoms with Crippen molar-refractivity contribution in [2.75, 3.05) is 12.4 Å². The van der Waals surface area contributed by atoms with Crippen LogP contribution in [0.15, 0.2) is 48.5 Å². The number of halogens is 2. The number of anilines is 1. The molecule has 1 aromatic heterocycles. The van der Waals surface area contributed by atoms with Crippen LogP contribution in [0.25, 0.3) is 11.3 Å². The quantitative estimate of drug-likeness (QED) is 0.710. The van der Waals surface area contributed by atoms with E-state index in [4.69, 9.17) is 27.9 Å². The highest BCUT2D eigenvalue weighted by molar-refractivity contribution is 6.31. The van der Waals surface area contributed by atoms with Crippen LogP contribution >= 0.6 is 23.2 Å². The molecule has 122 valence electrons. The Bertz CT molecular complexity index is 876. The molecule has 0 aliphatic carbocycles. The number of nitrogens with one attached hydrogen (secondary N) is 2. The fraction of sp³-hybridized carbons (Fsp3) is 0.0588. The zero-order valence-electron chi connectivity index (χ0n) is 12.6. The molecule has 0 unspecified atom stereocenters. The first-order valence-corrected chi connectivity index (χ1v) is 7.78. The highest BCUT2D eigenvalue weighted by Crippen LogP contribution is 2.28. The molecule has 24 heavy (non-hydrogen) atoms. The average Bonchev–Trinajstić information content (AvgIpc) is 3.06. The minimum Gasteiger partial charge on any atom is -0.495 e. The number of benzene rings is 2. The molecule has 1 amide bonds. The Kier molecular flexibility index (Phi) is 4.74. The number of aromatic amines is 1. The minimum absolute atomic E-state index is 0.321. The van der Waals surface area contributed by atoms with E-state index in [0.717, 1.165) is 5.56 Å². The Balaban J connectivity index is 1.81. The van der Waals surface area contributed by atoms with Crippen molar-refractivity contribution in [1.29, 1.82) is 0 Å². The standard InChI is InChI=1S/C17H13Cl2N3O2/c1-24-16-7-6-12(19)8-14(16)20-17(23)15-9-13(21-22-15)10-2-4-11(18)5-3-10/h2-9H,1H3,(H,20,23)(H,21,22). The van der Waals surface area contributed by atoms with Gasteiger partial charge in [-0.3, -0.25) is 9.89 Å². The van der Waals surface area contributed by atoms with E-state index < -0.39 is 0 Å². The molecule has 0 bridgehead atoms. The van der Waals surface area contributed by atoms with E-state index in [1.54, 1.807) is 36.4 Å². The average molecular weight is 362 g/mol. The van der Waals surface area contributed by atoms with Gasteiger partial charge in [-0.15, -0.1) is 0 Å². The van der Waals surface area contributed by atoms with Crippen molar-refractivity contribution in [3.05, 3.63) is 64.3 Å². The van der Waals surface area contributed by atoms with E-state index in [1.165, 1.54) is 7.11 Å². The third kappa shape index (κ3) is 3.53. The molecule has 3 rings (SSSR count). The number of H-pyrrole nitrogens is 1. The lowest BCUT2D eigenvalue weighted by molar-refractivity contribution is 0.102. The summed E-state index contributed by atoms with van der Waals surface area (Å²) in [5, 5.41) is 10.8. The minimum atomic E-state index is -0.344. The number of aromatic nitrogens is 2. The number of ether oxygens (including phenoxy) is 1. The third-order valence-corrected chi connectivity index (χ3v) is 3.86. The normalized spacial score (nSPS) is 10.5. The summed E-state index contributed by atoms with van der Waals surface area (Å²) in [5.74, 6) is 0.175. The summed E-state index contributed by atoms with van der Waals surface area (Å²) in [6.45, 7) is 0. The van der Waals surface area contributed by atoms with Gasteiger partial charge in [-0.1, -0.05) is 35.3 Å². The van der Waals surface area contributed by atoms with E-state index in [-0.39, 0.29) is 5.91 Å². The lowest BCUT2D eigenvalue weighted by atomic mass is 10.1. The van der Waals surface area contributed by atoms with Gasteiger partial charge in [0.15, 0.2) is 0 Å². The molecule has 0 atom stereocenters. The van der Waals surface area contributed by atoms with Gasteiger partial charge >= 0.3 is 0 Å². The molecule has 0 spiro atoms. The van der Waals surface area contributed by atoms with E-state index in [1.807, 2.05) is 12.1 Å². The van der Waals surface area contributed by atoms with Gasteiger partial charge in [-0.2, -0.15) is 5.10 Å². The molecular formula is C17H13Cl2N3O2. The summed E-state index contributed by atoms with van der Waals surface area (Å²) in [4.78, 5) is 12.4. The highest BCUT2D eigenvalue weighted by atomic mass is 35.5. The number of methoxy groups -OCH3 is 1. The van der Waals surface area contributed by atoms with Crippen LogP contribution in [0.1, 0.15) is 10.5 Å². The molecule has 3 aromatic rings. The number of rotatable bonds is 4. The number of hydrogen-bond donors (Lipinski definition) is 2. The lowest BCUT2D eigenvalue weighted by Gasteiger charge is -2.09. The Morgan fingerprint density at radius 2 is 1.79 bits per heavy atom. The van der Waals surface area contributed by atoms with Crippen molar-refractivity contribution in [3.63, 3.8) is 0 Å². The van der Waals surface area contributed by atoms with Crippen LogP contribution in [0.3, 0.4) is 0 Å². The number of nitrogens with zero attached hydrogens (tertiary/aromatic N) is 1. The fourth-order valence-corrected chi connectivity index (χ4v) is 2.47. The predicted octanol–water partition coefficient (Wildman–Crippen LogP) is 4.64. The molecule has 0 aliphatic rings. The molecule has 0 aliphatic heterocycles. The Hall–Kier alpha value is -2.50. The zero-order valence-corrected chi connectivity index (χ0v) is 14.2. The first kappa shape index (κ1) is 16.4. The summed E-state index contributed by atoms with van der Waals surface area (Å²) in [5.41, 5.74) is 2.31. The highest BCUT2D eigenvalue weighted by Gasteiger charge is 2.14. The van der Waals surface area contributed by atoms with Crippen LogP contribution in [0.5, 0.6) is 5.75 Å². The Morgan fingerprint density at radius 1 is 1.08 bits per heavy atom. The molecule has 5 nitrogen and oxygen atoms in total. The second-order valence-corrected chi connectivity index (χ2v) is 5.85. The van der Waals surface area contributed by atoms with Crippen molar-refractivity contribution in [2.24, 2.45) is 0 Å². The second-order valence-electron chi connectivity index (χ2n) is 4.97. The van der Waals surface area contributed by atoms with E-state index in [9.17, 15) is 4.79 Å². The fourth-order valence-electron chi connectivity index (χ4n) is 2.17. The molecule has 2 aromatic carbocycles. The van der Waals surface area contributed by atoms with Crippen molar-refractivity contribution < 1.29 is 9.53 Å². The molecule has 0 saturated carbocycles. The summed E-state index contributed by atoms with van der Waals surface area (Å²) >= 11 is 11.8. The van der Waals surface area contributed by atoms with Crippen LogP contribution in [0.2, 0.25) is 10.0 Å². The maximum Gasteiger partial charge on any atom is 0.273 e. The Morgan fingerprint density at radius 3 is 2.50 bits per heavy atom. The number of hydrogen-bond acceptors (Lipinski definition) is 3. The van der Waals surface area contributed by atoms with Gasteiger partial charge in [0.05, 0.1) is 18.5 Å². The molecule has 2 N–H and O–H groups in total. The SMILES string of the molecule is COc1ccc(Cl)cc1NC(=O)c1cc(-c2ccc(Cl)cc2)n[nH]1. The van der Waals surface area contributed by atoms with Gasteiger partial charge in [-0.25, -0.2) is 0 Å². The summed E-state index contributed by atoms with van der Waals surface area (Å²) < 4.78 is 5.21. The molecule has 1 heterocycles. The topological polar surface area (TPSA) is 67.0 Å². The third-order valence-electron chi connectivity index (χ3n) is 3.37. The number of amides is 1. The van der Waals surface area contributed by atoms with Gasteiger partial charge in [0.2, 0.25) is 0 Å². The van der Waals surface area contributed by atoms with Gasteiger partial charge in [0, 0.05) is 15.6 Å². The van der Waals surface area contributed by atoms with Crippen LogP contribution in [0, 0.1) is 0 Å². The molecule has 0 radical (unpaired) electrons. The van der Waals surface area contributed by atoms with Gasteiger partial charge in [-0.05, 0) is 36.4 Å². The smallest absolute Gasteiger partial charge is 0.273 e. The van der Waals surface area contributed by atoms with Crippen LogP contribution < -0.4 is 10.1 Å². The van der Waals surface area contributed by atoms with Crippen LogP contribution in [0.4, 0.5) is 5.69 Å². The maximum absolute atomic E-state index is 12.4. The molecular weight excluding hydrogens is 349 g/mol. The van der Waals surface area contributed by atoms with Crippen molar-refractivity contribution in [3.8, 4) is 17.0 Å². The maximum atomic E-state index is 12.4. The van der Waals surface area contributed by atoms with Gasteiger partial charge < -0.3 is 10.1 Å². The summed E-state index contributed by atoms with van der Waals surface area (Å²) in [6, 6.07) is 13.9. The van der Waals surface area contributed by atoms with Gasteiger partial charge in [0.25, 0.3) is 5.91 Å². The van der Waals surface area contributed by atoms with Crippen molar-refractivity contribution in [1.82, 2.24) is 10.2 Å². The molecule has 7 heteroatoms. The monoisotopic (exact) mass is 361 g/mol. The van der Waals surface area contributed by atoms with Gasteiger partial charge in [0.1, 0.15) is 11.4 Å². The molecule has 0 saturated heterocycles. The first-order valence-electron chi connectivity index (χ1n) is 7.03. The van der Waals surface area contributed by atoms with Crippen LogP contribution in [-0.2, 0) is 0 Å². The second kappa shape index (κ2) is 6.95. The van der Waals surface area contributed by atoms with Crippen LogP contribution in [-0.4, -0.2) is 23.2 Å². The van der Waals surface area contributed by atoms with Crippen molar-refractivity contribution in [2.45, 2.75) is 0 Å². The number of carbonyl (C=O) groups excluding carboxylic acids is 1. The van der Waals surface area contributed by atoms with E-state index in [0.29, 0.717) is 32.9 Å². The predicted molar refractivity (Wildman–Crippen MR) is 95.0 cm³/mol. The largest absolute Gasteiger partial charge is 0.495 e. The zero-order chi connectivity index (χ0) is 17.1. The summed E-state index contributed by atoms with van der Waals surface area (Å²) in [7, 11) is 1.52. The van der Waals surface area contributed by atoms with E-state index >= 15 is 0 Å². The van der Waals surface area contributed by atoms with Crippen molar-refractivity contribution >= 4 is 34.8 Å². The molecule has 0 fully saturated rings. The first-order chi connectivity index (χ1) is 11.6. The van der Waals surface area contributed by atoms with E-state index in [2.05, 4.69) is 15.5 Å².